The number of rotatable bonds is 4. The molecular weight excluding hydrogens is 464 g/mol. The fourth-order valence-corrected chi connectivity index (χ4v) is 4.85. The van der Waals surface area contributed by atoms with Gasteiger partial charge in [0.15, 0.2) is 0 Å². The Balaban J connectivity index is 1.27. The number of halogens is 4. The lowest BCUT2D eigenvalue weighted by Crippen LogP contribution is -2.62. The quantitative estimate of drug-likeness (QED) is 0.653. The van der Waals surface area contributed by atoms with Crippen LogP contribution in [-0.4, -0.2) is 70.1 Å². The Morgan fingerprint density at radius 1 is 1.03 bits per heavy atom. The molecule has 0 bridgehead atoms. The summed E-state index contributed by atoms with van der Waals surface area (Å²) in [6.07, 6.45) is -1.24. The largest absolute Gasteiger partial charge is 0.419 e. The van der Waals surface area contributed by atoms with Crippen LogP contribution in [0.3, 0.4) is 0 Å². The number of aromatic nitrogens is 2. The molecular formula is C24H30F4N6O. The SMILES string of the molecule is C[C@@H]1CN(c2ncc(C(F)(F)F)cn2)C[C@H](C)N1C(=O)NC1CCN(Cc2ccc(F)cc2)CC1. The number of carbonyl (C=O) groups is 1. The molecule has 3 heterocycles. The topological polar surface area (TPSA) is 64.6 Å². The van der Waals surface area contributed by atoms with Crippen LogP contribution in [-0.2, 0) is 12.7 Å². The van der Waals surface area contributed by atoms with E-state index in [4.69, 9.17) is 0 Å². The summed E-state index contributed by atoms with van der Waals surface area (Å²) >= 11 is 0. The zero-order chi connectivity index (χ0) is 25.2. The zero-order valence-corrected chi connectivity index (χ0v) is 19.8. The van der Waals surface area contributed by atoms with Crippen molar-refractivity contribution in [1.29, 1.82) is 0 Å². The molecule has 0 unspecified atom stereocenters. The molecule has 2 aliphatic heterocycles. The first-order valence-electron chi connectivity index (χ1n) is 11.8. The van der Waals surface area contributed by atoms with E-state index in [9.17, 15) is 22.4 Å². The maximum absolute atomic E-state index is 13.1. The van der Waals surface area contributed by atoms with Crippen LogP contribution < -0.4 is 10.2 Å². The van der Waals surface area contributed by atoms with Crippen molar-refractivity contribution in [3.63, 3.8) is 0 Å². The number of benzene rings is 1. The van der Waals surface area contributed by atoms with E-state index in [1.165, 1.54) is 12.1 Å². The highest BCUT2D eigenvalue weighted by Gasteiger charge is 2.36. The first-order valence-corrected chi connectivity index (χ1v) is 11.8. The van der Waals surface area contributed by atoms with E-state index in [1.54, 1.807) is 17.0 Å². The Morgan fingerprint density at radius 2 is 1.60 bits per heavy atom. The average Bonchev–Trinajstić information content (AvgIpc) is 2.81. The number of likely N-dealkylation sites (tertiary alicyclic amines) is 1. The summed E-state index contributed by atoms with van der Waals surface area (Å²) in [5, 5.41) is 3.16. The van der Waals surface area contributed by atoms with Crippen LogP contribution in [0.15, 0.2) is 36.7 Å². The number of hydrogen-bond donors (Lipinski definition) is 1. The van der Waals surface area contributed by atoms with Crippen LogP contribution in [0, 0.1) is 5.82 Å². The van der Waals surface area contributed by atoms with Gasteiger partial charge in [-0.15, -0.1) is 0 Å². The highest BCUT2D eigenvalue weighted by atomic mass is 19.4. The molecule has 0 radical (unpaired) electrons. The van der Waals surface area contributed by atoms with Gasteiger partial charge in [-0.05, 0) is 44.4 Å². The monoisotopic (exact) mass is 494 g/mol. The van der Waals surface area contributed by atoms with Crippen molar-refractivity contribution in [2.45, 2.75) is 57.5 Å². The van der Waals surface area contributed by atoms with Crippen LogP contribution in [0.4, 0.5) is 28.3 Å². The number of amides is 2. The van der Waals surface area contributed by atoms with Crippen molar-refractivity contribution < 1.29 is 22.4 Å². The molecule has 0 spiro atoms. The first kappa shape index (κ1) is 25.2. The molecule has 7 nitrogen and oxygen atoms in total. The molecule has 2 amide bonds. The predicted molar refractivity (Wildman–Crippen MR) is 123 cm³/mol. The lowest BCUT2D eigenvalue weighted by atomic mass is 10.0. The van der Waals surface area contributed by atoms with Crippen molar-refractivity contribution in [1.82, 2.24) is 25.1 Å². The average molecular weight is 495 g/mol. The van der Waals surface area contributed by atoms with Gasteiger partial charge >= 0.3 is 12.2 Å². The number of nitrogens with one attached hydrogen (secondary N) is 1. The van der Waals surface area contributed by atoms with Gasteiger partial charge in [-0.25, -0.2) is 19.2 Å². The zero-order valence-electron chi connectivity index (χ0n) is 19.8. The lowest BCUT2D eigenvalue weighted by Gasteiger charge is -2.45. The van der Waals surface area contributed by atoms with E-state index in [-0.39, 0.29) is 35.9 Å². The second kappa shape index (κ2) is 10.3. The number of urea groups is 1. The van der Waals surface area contributed by atoms with E-state index in [2.05, 4.69) is 20.2 Å². The Bertz CT molecular complexity index is 981. The second-order valence-corrected chi connectivity index (χ2v) is 9.41. The number of hydrogen-bond acceptors (Lipinski definition) is 5. The third-order valence-corrected chi connectivity index (χ3v) is 6.64. The molecule has 0 saturated carbocycles. The summed E-state index contributed by atoms with van der Waals surface area (Å²) in [6.45, 7) is 7.12. The Labute approximate surface area is 202 Å². The molecule has 2 fully saturated rings. The van der Waals surface area contributed by atoms with Crippen molar-refractivity contribution in [2.24, 2.45) is 0 Å². The molecule has 1 aromatic carbocycles. The number of piperidine rings is 1. The second-order valence-electron chi connectivity index (χ2n) is 9.41. The first-order chi connectivity index (χ1) is 16.6. The minimum Gasteiger partial charge on any atom is -0.337 e. The van der Waals surface area contributed by atoms with E-state index in [0.717, 1.165) is 50.4 Å². The molecule has 2 aromatic rings. The molecule has 35 heavy (non-hydrogen) atoms. The molecule has 1 aromatic heterocycles. The van der Waals surface area contributed by atoms with Gasteiger partial charge in [0.25, 0.3) is 0 Å². The summed E-state index contributed by atoms with van der Waals surface area (Å²) in [5.74, 6) is -0.0170. The van der Waals surface area contributed by atoms with Crippen LogP contribution in [0.1, 0.15) is 37.8 Å². The third-order valence-electron chi connectivity index (χ3n) is 6.64. The minimum absolute atomic E-state index is 0.0719. The lowest BCUT2D eigenvalue weighted by molar-refractivity contribution is -0.138. The van der Waals surface area contributed by atoms with Crippen molar-refractivity contribution in [2.75, 3.05) is 31.1 Å². The van der Waals surface area contributed by atoms with Crippen molar-refractivity contribution in [3.05, 3.63) is 53.6 Å². The summed E-state index contributed by atoms with van der Waals surface area (Å²) < 4.78 is 51.5. The Morgan fingerprint density at radius 3 is 2.14 bits per heavy atom. The van der Waals surface area contributed by atoms with Gasteiger partial charge < -0.3 is 15.1 Å². The van der Waals surface area contributed by atoms with Crippen LogP contribution in [0.25, 0.3) is 0 Å². The standard InChI is InChI=1S/C24H30F4N6O/c1-16-13-33(22-29-11-19(12-30-22)24(26,27)28)14-17(2)34(16)23(35)31-21-7-9-32(10-8-21)15-18-3-5-20(25)6-4-18/h3-6,11-12,16-17,21H,7-10,13-15H2,1-2H3,(H,31,35)/t16-,17+. The van der Waals surface area contributed by atoms with E-state index >= 15 is 0 Å². The molecule has 11 heteroatoms. The highest BCUT2D eigenvalue weighted by molar-refractivity contribution is 5.75. The molecule has 2 aliphatic rings. The number of carbonyl (C=O) groups excluding carboxylic acids is 1. The Kier molecular flexibility index (Phi) is 7.44. The van der Waals surface area contributed by atoms with Gasteiger partial charge in [0, 0.05) is 63.2 Å². The fraction of sp³-hybridized carbons (Fsp3) is 0.542. The summed E-state index contributed by atoms with van der Waals surface area (Å²) in [4.78, 5) is 26.8. The maximum atomic E-state index is 13.1. The number of anilines is 1. The normalized spacial score (nSPS) is 22.3. The third kappa shape index (κ3) is 6.19. The molecule has 1 N–H and O–H groups in total. The summed E-state index contributed by atoms with van der Waals surface area (Å²) in [5.41, 5.74) is 0.176. The summed E-state index contributed by atoms with van der Waals surface area (Å²) in [7, 11) is 0. The predicted octanol–water partition coefficient (Wildman–Crippen LogP) is 3.91. The number of alkyl halides is 3. The highest BCUT2D eigenvalue weighted by Crippen LogP contribution is 2.29. The van der Waals surface area contributed by atoms with E-state index < -0.39 is 11.7 Å². The van der Waals surface area contributed by atoms with E-state index in [1.807, 2.05) is 18.7 Å². The van der Waals surface area contributed by atoms with Gasteiger partial charge in [-0.1, -0.05) is 12.1 Å². The molecule has 0 aliphatic carbocycles. The fourth-order valence-electron chi connectivity index (χ4n) is 4.85. The van der Waals surface area contributed by atoms with Crippen LogP contribution >= 0.6 is 0 Å². The number of piperazine rings is 1. The molecule has 2 atom stereocenters. The van der Waals surface area contributed by atoms with Gasteiger partial charge in [-0.2, -0.15) is 13.2 Å². The molecule has 2 saturated heterocycles. The van der Waals surface area contributed by atoms with Crippen molar-refractivity contribution >= 4 is 12.0 Å². The van der Waals surface area contributed by atoms with Crippen molar-refractivity contribution in [3.8, 4) is 0 Å². The molecule has 4 rings (SSSR count). The number of nitrogens with zero attached hydrogens (tertiary/aromatic N) is 5. The molecule has 190 valence electrons. The Hall–Kier alpha value is -2.95. The van der Waals surface area contributed by atoms with Gasteiger partial charge in [0.05, 0.1) is 5.56 Å². The van der Waals surface area contributed by atoms with Crippen LogP contribution in [0.2, 0.25) is 0 Å². The van der Waals surface area contributed by atoms with Gasteiger partial charge in [0.2, 0.25) is 5.95 Å². The van der Waals surface area contributed by atoms with Crippen LogP contribution in [0.5, 0.6) is 0 Å². The van der Waals surface area contributed by atoms with Gasteiger partial charge in [-0.3, -0.25) is 4.90 Å². The van der Waals surface area contributed by atoms with Gasteiger partial charge in [0.1, 0.15) is 5.82 Å². The summed E-state index contributed by atoms with van der Waals surface area (Å²) in [6, 6.07) is 6.13. The maximum Gasteiger partial charge on any atom is 0.419 e. The smallest absolute Gasteiger partial charge is 0.337 e. The van der Waals surface area contributed by atoms with E-state index in [0.29, 0.717) is 13.1 Å². The minimum atomic E-state index is -4.48.